The molecule has 0 aliphatic carbocycles. The van der Waals surface area contributed by atoms with E-state index in [0.717, 1.165) is 11.1 Å². The average molecular weight is 265 g/mol. The number of amides is 1. The summed E-state index contributed by atoms with van der Waals surface area (Å²) in [6.45, 7) is 0.855. The van der Waals surface area contributed by atoms with Crippen LogP contribution in [0.15, 0.2) is 66.9 Å². The molecular weight excluding hydrogens is 250 g/mol. The first kappa shape index (κ1) is 12.5. The van der Waals surface area contributed by atoms with Crippen LogP contribution in [-0.4, -0.2) is 17.5 Å². The number of nitrogens with zero attached hydrogens (tertiary/aromatic N) is 1. The Balaban J connectivity index is 1.80. The van der Waals surface area contributed by atoms with Gasteiger partial charge < -0.3 is 9.64 Å². The van der Waals surface area contributed by atoms with Crippen LogP contribution in [0.3, 0.4) is 0 Å². The summed E-state index contributed by atoms with van der Waals surface area (Å²) in [5, 5.41) is 0. The largest absolute Gasteiger partial charge is 0.480 e. The highest BCUT2D eigenvalue weighted by atomic mass is 16.5. The van der Waals surface area contributed by atoms with E-state index in [2.05, 4.69) is 0 Å². The van der Waals surface area contributed by atoms with Crippen LogP contribution in [0.1, 0.15) is 11.1 Å². The lowest BCUT2D eigenvalue weighted by Gasteiger charge is -2.27. The van der Waals surface area contributed by atoms with E-state index in [1.807, 2.05) is 60.7 Å². The van der Waals surface area contributed by atoms with Gasteiger partial charge in [0.25, 0.3) is 5.91 Å². The van der Waals surface area contributed by atoms with Gasteiger partial charge in [-0.05, 0) is 11.1 Å². The summed E-state index contributed by atoms with van der Waals surface area (Å²) < 4.78 is 5.43. The molecular formula is C17H15NO2. The molecule has 0 atom stereocenters. The van der Waals surface area contributed by atoms with Crippen LogP contribution >= 0.6 is 0 Å². The molecule has 1 aliphatic rings. The molecule has 0 aromatic heterocycles. The fraction of sp³-hybridized carbons (Fsp3) is 0.118. The van der Waals surface area contributed by atoms with Crippen LogP contribution < -0.4 is 0 Å². The van der Waals surface area contributed by atoms with Gasteiger partial charge in [0.2, 0.25) is 0 Å². The number of ether oxygens (including phenoxy) is 1. The van der Waals surface area contributed by atoms with Crippen LogP contribution in [0.25, 0.3) is 5.57 Å². The lowest BCUT2D eigenvalue weighted by molar-refractivity contribution is -0.131. The van der Waals surface area contributed by atoms with Crippen molar-refractivity contribution in [3.05, 3.63) is 78.1 Å². The molecule has 0 bridgehead atoms. The molecule has 1 aliphatic heterocycles. The molecule has 0 saturated heterocycles. The van der Waals surface area contributed by atoms with Gasteiger partial charge in [0.05, 0.1) is 11.8 Å². The van der Waals surface area contributed by atoms with Crippen LogP contribution in [0.5, 0.6) is 0 Å². The molecule has 3 rings (SSSR count). The first-order valence-corrected chi connectivity index (χ1v) is 6.55. The van der Waals surface area contributed by atoms with Crippen molar-refractivity contribution in [3.8, 4) is 0 Å². The molecule has 1 heterocycles. The zero-order chi connectivity index (χ0) is 13.8. The average Bonchev–Trinajstić information content (AvgIpc) is 2.51. The maximum absolute atomic E-state index is 12.5. The molecule has 3 heteroatoms. The van der Waals surface area contributed by atoms with Crippen molar-refractivity contribution in [2.75, 3.05) is 6.73 Å². The SMILES string of the molecule is O=C1C(c2ccccc2)=COCN1Cc1ccccc1. The van der Waals surface area contributed by atoms with Crippen molar-refractivity contribution >= 4 is 11.5 Å². The number of hydrogen-bond acceptors (Lipinski definition) is 2. The summed E-state index contributed by atoms with van der Waals surface area (Å²) in [5.41, 5.74) is 2.59. The smallest absolute Gasteiger partial charge is 0.260 e. The van der Waals surface area contributed by atoms with Crippen LogP contribution in [0.2, 0.25) is 0 Å². The number of rotatable bonds is 3. The zero-order valence-corrected chi connectivity index (χ0v) is 11.0. The molecule has 1 amide bonds. The number of hydrogen-bond donors (Lipinski definition) is 0. The van der Waals surface area contributed by atoms with Crippen molar-refractivity contribution in [3.63, 3.8) is 0 Å². The van der Waals surface area contributed by atoms with Crippen LogP contribution in [-0.2, 0) is 16.1 Å². The summed E-state index contributed by atoms with van der Waals surface area (Å²) in [5.74, 6) is 0.00584. The van der Waals surface area contributed by atoms with E-state index in [4.69, 9.17) is 4.74 Å². The maximum atomic E-state index is 12.5. The molecule has 0 fully saturated rings. The second-order valence-corrected chi connectivity index (χ2v) is 4.68. The van der Waals surface area contributed by atoms with Gasteiger partial charge in [-0.25, -0.2) is 0 Å². The summed E-state index contributed by atoms with van der Waals surface area (Å²) in [7, 11) is 0. The Labute approximate surface area is 118 Å². The highest BCUT2D eigenvalue weighted by molar-refractivity contribution is 6.19. The van der Waals surface area contributed by atoms with Crippen molar-refractivity contribution in [2.24, 2.45) is 0 Å². The Morgan fingerprint density at radius 3 is 2.30 bits per heavy atom. The monoisotopic (exact) mass is 265 g/mol. The fourth-order valence-corrected chi connectivity index (χ4v) is 2.22. The van der Waals surface area contributed by atoms with E-state index in [0.29, 0.717) is 18.8 Å². The van der Waals surface area contributed by atoms with Gasteiger partial charge in [-0.1, -0.05) is 60.7 Å². The van der Waals surface area contributed by atoms with Crippen molar-refractivity contribution < 1.29 is 9.53 Å². The highest BCUT2D eigenvalue weighted by Crippen LogP contribution is 2.22. The Bertz CT molecular complexity index is 620. The van der Waals surface area contributed by atoms with Gasteiger partial charge in [-0.15, -0.1) is 0 Å². The number of carbonyl (C=O) groups excluding carboxylic acids is 1. The second-order valence-electron chi connectivity index (χ2n) is 4.68. The quantitative estimate of drug-likeness (QED) is 0.853. The van der Waals surface area contributed by atoms with E-state index in [1.165, 1.54) is 0 Å². The lowest BCUT2D eigenvalue weighted by Crippen LogP contribution is -2.35. The minimum absolute atomic E-state index is 0.00584. The normalized spacial score (nSPS) is 14.7. The molecule has 20 heavy (non-hydrogen) atoms. The third-order valence-electron chi connectivity index (χ3n) is 3.25. The van der Waals surface area contributed by atoms with Crippen molar-refractivity contribution in [1.82, 2.24) is 4.90 Å². The minimum atomic E-state index is 0.00584. The topological polar surface area (TPSA) is 29.5 Å². The van der Waals surface area contributed by atoms with E-state index in [-0.39, 0.29) is 5.91 Å². The van der Waals surface area contributed by atoms with E-state index in [9.17, 15) is 4.79 Å². The maximum Gasteiger partial charge on any atom is 0.260 e. The van der Waals surface area contributed by atoms with Gasteiger partial charge in [-0.2, -0.15) is 0 Å². The summed E-state index contributed by atoms with van der Waals surface area (Å²) in [6.07, 6.45) is 1.55. The van der Waals surface area contributed by atoms with Gasteiger partial charge in [0.15, 0.2) is 6.73 Å². The Morgan fingerprint density at radius 1 is 0.950 bits per heavy atom. The van der Waals surface area contributed by atoms with Crippen LogP contribution in [0.4, 0.5) is 0 Å². The fourth-order valence-electron chi connectivity index (χ4n) is 2.22. The van der Waals surface area contributed by atoms with E-state index < -0.39 is 0 Å². The Kier molecular flexibility index (Phi) is 3.50. The molecule has 2 aromatic rings. The summed E-state index contributed by atoms with van der Waals surface area (Å²) in [6, 6.07) is 19.5. The lowest BCUT2D eigenvalue weighted by atomic mass is 10.1. The van der Waals surface area contributed by atoms with Gasteiger partial charge in [0.1, 0.15) is 0 Å². The molecule has 0 radical (unpaired) electrons. The molecule has 0 spiro atoms. The first-order chi connectivity index (χ1) is 9.84. The summed E-state index contributed by atoms with van der Waals surface area (Å²) in [4.78, 5) is 14.2. The standard InChI is InChI=1S/C17H15NO2/c19-17-16(15-9-5-2-6-10-15)12-20-13-18(17)11-14-7-3-1-4-8-14/h1-10,12H,11,13H2. The molecule has 0 saturated carbocycles. The summed E-state index contributed by atoms with van der Waals surface area (Å²) >= 11 is 0. The minimum Gasteiger partial charge on any atom is -0.480 e. The molecule has 2 aromatic carbocycles. The third kappa shape index (κ3) is 2.57. The highest BCUT2D eigenvalue weighted by Gasteiger charge is 2.24. The third-order valence-corrected chi connectivity index (χ3v) is 3.25. The molecule has 3 nitrogen and oxygen atoms in total. The Morgan fingerprint density at radius 2 is 1.60 bits per heavy atom. The van der Waals surface area contributed by atoms with Gasteiger partial charge in [-0.3, -0.25) is 4.79 Å². The van der Waals surface area contributed by atoms with Crippen LogP contribution in [0, 0.1) is 0 Å². The van der Waals surface area contributed by atoms with Gasteiger partial charge >= 0.3 is 0 Å². The zero-order valence-electron chi connectivity index (χ0n) is 11.0. The number of carbonyl (C=O) groups is 1. The van der Waals surface area contributed by atoms with Crippen molar-refractivity contribution in [2.45, 2.75) is 6.54 Å². The molecule has 100 valence electrons. The number of benzene rings is 2. The van der Waals surface area contributed by atoms with Crippen molar-refractivity contribution in [1.29, 1.82) is 0 Å². The predicted molar refractivity (Wildman–Crippen MR) is 77.4 cm³/mol. The van der Waals surface area contributed by atoms with E-state index in [1.54, 1.807) is 11.2 Å². The molecule has 0 unspecified atom stereocenters. The first-order valence-electron chi connectivity index (χ1n) is 6.55. The predicted octanol–water partition coefficient (Wildman–Crippen LogP) is 3.04. The van der Waals surface area contributed by atoms with E-state index >= 15 is 0 Å². The second kappa shape index (κ2) is 5.61. The Hall–Kier alpha value is -2.55. The molecule has 0 N–H and O–H groups in total. The van der Waals surface area contributed by atoms with Gasteiger partial charge in [0, 0.05) is 6.54 Å².